The van der Waals surface area contributed by atoms with Gasteiger partial charge < -0.3 is 14.0 Å². The first-order chi connectivity index (χ1) is 14.7. The monoisotopic (exact) mass is 440 g/mol. The van der Waals surface area contributed by atoms with E-state index in [1.807, 2.05) is 0 Å². The van der Waals surface area contributed by atoms with Crippen molar-refractivity contribution in [3.63, 3.8) is 0 Å². The number of aromatic nitrogens is 2. The molecule has 6 nitrogen and oxygen atoms in total. The van der Waals surface area contributed by atoms with Crippen LogP contribution in [0.3, 0.4) is 0 Å². The molecule has 0 radical (unpaired) electrons. The molecule has 0 amide bonds. The number of hydrogen-bond donors (Lipinski definition) is 0. The zero-order valence-corrected chi connectivity index (χ0v) is 15.5. The Balaban J connectivity index is 1.53. The number of ether oxygens (including phenoxy) is 2. The molecule has 0 unspecified atom stereocenters. The van der Waals surface area contributed by atoms with Crippen molar-refractivity contribution >= 4 is 12.0 Å². The second-order valence-corrected chi connectivity index (χ2v) is 5.98. The Bertz CT molecular complexity index is 1040. The molecule has 1 aromatic heterocycles. The number of halogens is 5. The van der Waals surface area contributed by atoms with Gasteiger partial charge in [0.25, 0.3) is 5.89 Å². The molecule has 0 saturated carbocycles. The number of esters is 1. The second kappa shape index (κ2) is 9.37. The number of rotatable bonds is 7. The number of alkyl halides is 5. The van der Waals surface area contributed by atoms with Gasteiger partial charge >= 0.3 is 18.8 Å². The first-order valence-corrected chi connectivity index (χ1v) is 8.60. The van der Waals surface area contributed by atoms with Gasteiger partial charge in [-0.05, 0) is 35.9 Å². The van der Waals surface area contributed by atoms with Crippen molar-refractivity contribution < 1.29 is 40.7 Å². The minimum absolute atomic E-state index is 0.0185. The standard InChI is InChI=1S/C20H13F5N2O4/c21-19(22)30-15-8-1-12(2-9-15)3-10-17(28)29-11-16-26-18(27-31-16)13-4-6-14(7-5-13)20(23,24)25/h1-10,19H,11H2/b10-3+. The number of hydrogen-bond acceptors (Lipinski definition) is 6. The van der Waals surface area contributed by atoms with E-state index < -0.39 is 24.3 Å². The van der Waals surface area contributed by atoms with Crippen molar-refractivity contribution in [1.82, 2.24) is 10.1 Å². The SMILES string of the molecule is O=C(/C=C/c1ccc(OC(F)F)cc1)OCc1nc(-c2ccc(C(F)(F)F)cc2)no1. The molecule has 0 atom stereocenters. The zero-order chi connectivity index (χ0) is 22.4. The van der Waals surface area contributed by atoms with Crippen molar-refractivity contribution in [2.45, 2.75) is 19.4 Å². The zero-order valence-electron chi connectivity index (χ0n) is 15.5. The summed E-state index contributed by atoms with van der Waals surface area (Å²) in [5.41, 5.74) is 0.0336. The van der Waals surface area contributed by atoms with Crippen molar-refractivity contribution in [3.8, 4) is 17.1 Å². The lowest BCUT2D eigenvalue weighted by molar-refractivity contribution is -0.140. The molecule has 3 rings (SSSR count). The summed E-state index contributed by atoms with van der Waals surface area (Å²) in [5, 5.41) is 3.64. The van der Waals surface area contributed by atoms with Crippen LogP contribution in [0.1, 0.15) is 17.0 Å². The van der Waals surface area contributed by atoms with E-state index in [2.05, 4.69) is 14.9 Å². The first kappa shape index (κ1) is 21.9. The Morgan fingerprint density at radius 1 is 1.06 bits per heavy atom. The Morgan fingerprint density at radius 3 is 2.35 bits per heavy atom. The third kappa shape index (κ3) is 6.36. The third-order valence-electron chi connectivity index (χ3n) is 3.79. The van der Waals surface area contributed by atoms with Crippen LogP contribution in [-0.4, -0.2) is 22.7 Å². The maximum Gasteiger partial charge on any atom is 0.416 e. The normalized spacial score (nSPS) is 11.8. The first-order valence-electron chi connectivity index (χ1n) is 8.60. The van der Waals surface area contributed by atoms with Crippen molar-refractivity contribution in [3.05, 3.63) is 71.6 Å². The molecule has 0 fully saturated rings. The van der Waals surface area contributed by atoms with Crippen LogP contribution in [-0.2, 0) is 22.3 Å². The highest BCUT2D eigenvalue weighted by Crippen LogP contribution is 2.30. The number of nitrogens with zero attached hydrogens (tertiary/aromatic N) is 2. The third-order valence-corrected chi connectivity index (χ3v) is 3.79. The molecule has 0 aliphatic rings. The highest BCUT2D eigenvalue weighted by molar-refractivity contribution is 5.87. The molecular weight excluding hydrogens is 427 g/mol. The van der Waals surface area contributed by atoms with E-state index in [1.54, 1.807) is 0 Å². The van der Waals surface area contributed by atoms with Gasteiger partial charge in [-0.1, -0.05) is 29.4 Å². The highest BCUT2D eigenvalue weighted by atomic mass is 19.4. The molecule has 0 aliphatic heterocycles. The van der Waals surface area contributed by atoms with Gasteiger partial charge in [-0.3, -0.25) is 0 Å². The minimum atomic E-state index is -4.45. The highest BCUT2D eigenvalue weighted by Gasteiger charge is 2.30. The quantitative estimate of drug-likeness (QED) is 0.289. The van der Waals surface area contributed by atoms with E-state index in [0.717, 1.165) is 18.2 Å². The Hall–Kier alpha value is -3.76. The predicted molar refractivity (Wildman–Crippen MR) is 96.6 cm³/mol. The van der Waals surface area contributed by atoms with Crippen LogP contribution in [0.4, 0.5) is 22.0 Å². The van der Waals surface area contributed by atoms with E-state index >= 15 is 0 Å². The molecule has 31 heavy (non-hydrogen) atoms. The average Bonchev–Trinajstić information content (AvgIpc) is 3.20. The summed E-state index contributed by atoms with van der Waals surface area (Å²) in [5.74, 6) is -0.760. The lowest BCUT2D eigenvalue weighted by Crippen LogP contribution is -2.04. The molecule has 2 aromatic carbocycles. The molecule has 0 aliphatic carbocycles. The molecule has 0 bridgehead atoms. The van der Waals surface area contributed by atoms with E-state index in [-0.39, 0.29) is 24.1 Å². The van der Waals surface area contributed by atoms with Crippen LogP contribution in [0, 0.1) is 0 Å². The summed E-state index contributed by atoms with van der Waals surface area (Å²) in [6.45, 7) is -3.28. The lowest BCUT2D eigenvalue weighted by atomic mass is 10.1. The van der Waals surface area contributed by atoms with E-state index in [1.165, 1.54) is 42.5 Å². The maximum atomic E-state index is 12.6. The summed E-state index contributed by atoms with van der Waals surface area (Å²) in [6.07, 6.45) is -1.95. The van der Waals surface area contributed by atoms with Crippen LogP contribution in [0.5, 0.6) is 5.75 Å². The van der Waals surface area contributed by atoms with E-state index in [0.29, 0.717) is 11.1 Å². The Kier molecular flexibility index (Phi) is 6.63. The van der Waals surface area contributed by atoms with Crippen LogP contribution < -0.4 is 4.74 Å². The molecule has 0 spiro atoms. The van der Waals surface area contributed by atoms with Crippen molar-refractivity contribution in [2.24, 2.45) is 0 Å². The van der Waals surface area contributed by atoms with Crippen molar-refractivity contribution in [2.75, 3.05) is 0 Å². The van der Waals surface area contributed by atoms with Gasteiger partial charge in [0, 0.05) is 11.6 Å². The maximum absolute atomic E-state index is 12.6. The number of benzene rings is 2. The molecule has 3 aromatic rings. The fourth-order valence-electron chi connectivity index (χ4n) is 2.34. The predicted octanol–water partition coefficient (Wildman–Crippen LogP) is 5.11. The van der Waals surface area contributed by atoms with E-state index in [9.17, 15) is 26.7 Å². The van der Waals surface area contributed by atoms with Gasteiger partial charge in [0.1, 0.15) is 5.75 Å². The largest absolute Gasteiger partial charge is 0.452 e. The molecule has 11 heteroatoms. The summed E-state index contributed by atoms with van der Waals surface area (Å²) in [7, 11) is 0. The Labute approximate surface area is 171 Å². The molecule has 162 valence electrons. The smallest absolute Gasteiger partial charge is 0.416 e. The molecular formula is C20H13F5N2O4. The van der Waals surface area contributed by atoms with Crippen LogP contribution in [0.15, 0.2) is 59.1 Å². The minimum Gasteiger partial charge on any atom is -0.452 e. The molecule has 0 N–H and O–H groups in total. The summed E-state index contributed by atoms with van der Waals surface area (Å²) in [6, 6.07) is 9.75. The van der Waals surface area contributed by atoms with Gasteiger partial charge in [0.2, 0.25) is 5.82 Å². The van der Waals surface area contributed by atoms with Crippen LogP contribution >= 0.6 is 0 Å². The molecule has 0 saturated heterocycles. The fraction of sp³-hybridized carbons (Fsp3) is 0.150. The van der Waals surface area contributed by atoms with Crippen LogP contribution in [0.2, 0.25) is 0 Å². The molecule has 1 heterocycles. The van der Waals surface area contributed by atoms with Crippen LogP contribution in [0.25, 0.3) is 17.5 Å². The fourth-order valence-corrected chi connectivity index (χ4v) is 2.34. The summed E-state index contributed by atoms with van der Waals surface area (Å²) >= 11 is 0. The Morgan fingerprint density at radius 2 is 1.74 bits per heavy atom. The topological polar surface area (TPSA) is 74.5 Å². The van der Waals surface area contributed by atoms with Gasteiger partial charge in [0.05, 0.1) is 5.56 Å². The number of carbonyl (C=O) groups is 1. The van der Waals surface area contributed by atoms with Gasteiger partial charge in [0.15, 0.2) is 6.61 Å². The van der Waals surface area contributed by atoms with Crippen molar-refractivity contribution in [1.29, 1.82) is 0 Å². The van der Waals surface area contributed by atoms with Gasteiger partial charge in [-0.25, -0.2) is 4.79 Å². The summed E-state index contributed by atoms with van der Waals surface area (Å²) < 4.78 is 76.1. The van der Waals surface area contributed by atoms with Gasteiger partial charge in [-0.2, -0.15) is 26.9 Å². The lowest BCUT2D eigenvalue weighted by Gasteiger charge is -2.05. The van der Waals surface area contributed by atoms with E-state index in [4.69, 9.17) is 9.26 Å². The average molecular weight is 440 g/mol. The second-order valence-electron chi connectivity index (χ2n) is 5.98. The summed E-state index contributed by atoms with van der Waals surface area (Å²) in [4.78, 5) is 15.7. The van der Waals surface area contributed by atoms with Gasteiger partial charge in [-0.15, -0.1) is 0 Å². The number of carbonyl (C=O) groups excluding carboxylic acids is 1.